The first-order valence-electron chi connectivity index (χ1n) is 7.88. The van der Waals surface area contributed by atoms with Gasteiger partial charge in [0.1, 0.15) is 0 Å². The fourth-order valence-electron chi connectivity index (χ4n) is 2.80. The zero-order valence-corrected chi connectivity index (χ0v) is 13.0. The van der Waals surface area contributed by atoms with E-state index >= 15 is 0 Å². The molecule has 3 unspecified atom stereocenters. The molecule has 3 N–H and O–H groups in total. The van der Waals surface area contributed by atoms with Crippen LogP contribution in [-0.4, -0.2) is 29.3 Å². The van der Waals surface area contributed by atoms with Crippen LogP contribution in [0, 0.1) is 5.92 Å². The molecule has 2 aromatic rings. The van der Waals surface area contributed by atoms with E-state index in [0.29, 0.717) is 23.9 Å². The standard InChI is InChI=1S/C16H23N5O/c1-3-14(12-7-5-4-6-8-12)15-20-21-16(22-15)17-9-13-10-18-19-11(13)2/h4-8,11,13-14,18-19H,3,9-10H2,1-2H3,(H,17,21). The van der Waals surface area contributed by atoms with Gasteiger partial charge in [0.2, 0.25) is 5.89 Å². The van der Waals surface area contributed by atoms with E-state index in [9.17, 15) is 0 Å². The van der Waals surface area contributed by atoms with E-state index in [1.807, 2.05) is 18.2 Å². The minimum atomic E-state index is 0.151. The second kappa shape index (κ2) is 6.89. The Morgan fingerprint density at radius 3 is 2.82 bits per heavy atom. The minimum absolute atomic E-state index is 0.151. The Morgan fingerprint density at radius 2 is 2.14 bits per heavy atom. The number of nitrogens with one attached hydrogen (secondary N) is 3. The van der Waals surface area contributed by atoms with Crippen LogP contribution in [-0.2, 0) is 0 Å². The average Bonchev–Trinajstić information content (AvgIpc) is 3.16. The number of hydrazine groups is 1. The zero-order chi connectivity index (χ0) is 15.4. The molecule has 1 aromatic carbocycles. The lowest BCUT2D eigenvalue weighted by Crippen LogP contribution is -2.30. The van der Waals surface area contributed by atoms with Crippen molar-refractivity contribution < 1.29 is 4.42 Å². The summed E-state index contributed by atoms with van der Waals surface area (Å²) in [6.45, 7) is 6.04. The highest BCUT2D eigenvalue weighted by atomic mass is 16.4. The first kappa shape index (κ1) is 15.0. The highest BCUT2D eigenvalue weighted by Gasteiger charge is 2.23. The quantitative estimate of drug-likeness (QED) is 0.759. The normalized spacial score (nSPS) is 22.6. The smallest absolute Gasteiger partial charge is 0.315 e. The van der Waals surface area contributed by atoms with Crippen LogP contribution in [0.2, 0.25) is 0 Å². The Kier molecular flexibility index (Phi) is 4.70. The number of rotatable bonds is 6. The predicted molar refractivity (Wildman–Crippen MR) is 85.5 cm³/mol. The molecule has 1 fully saturated rings. The second-order valence-electron chi connectivity index (χ2n) is 5.77. The van der Waals surface area contributed by atoms with Gasteiger partial charge in [-0.1, -0.05) is 42.4 Å². The number of anilines is 1. The molecule has 3 rings (SSSR count). The molecular weight excluding hydrogens is 278 g/mol. The van der Waals surface area contributed by atoms with E-state index in [4.69, 9.17) is 4.42 Å². The molecule has 0 bridgehead atoms. The van der Waals surface area contributed by atoms with Crippen LogP contribution in [0.25, 0.3) is 0 Å². The first-order chi connectivity index (χ1) is 10.8. The Bertz CT molecular complexity index is 585. The second-order valence-corrected chi connectivity index (χ2v) is 5.77. The van der Waals surface area contributed by atoms with E-state index in [1.165, 1.54) is 5.56 Å². The molecule has 6 heteroatoms. The van der Waals surface area contributed by atoms with Crippen molar-refractivity contribution in [1.82, 2.24) is 21.0 Å². The molecule has 1 aliphatic heterocycles. The van der Waals surface area contributed by atoms with Crippen molar-refractivity contribution in [2.75, 3.05) is 18.4 Å². The van der Waals surface area contributed by atoms with Crippen molar-refractivity contribution in [3.63, 3.8) is 0 Å². The van der Waals surface area contributed by atoms with Crippen LogP contribution < -0.4 is 16.2 Å². The van der Waals surface area contributed by atoms with E-state index in [1.54, 1.807) is 0 Å². The monoisotopic (exact) mass is 301 g/mol. The summed E-state index contributed by atoms with van der Waals surface area (Å²) in [6, 6.07) is 11.2. The van der Waals surface area contributed by atoms with Gasteiger partial charge in [0.25, 0.3) is 0 Å². The van der Waals surface area contributed by atoms with Crippen molar-refractivity contribution in [1.29, 1.82) is 0 Å². The molecule has 0 spiro atoms. The van der Waals surface area contributed by atoms with Gasteiger partial charge < -0.3 is 9.73 Å². The Balaban J connectivity index is 1.65. The Morgan fingerprint density at radius 1 is 1.32 bits per heavy atom. The predicted octanol–water partition coefficient (Wildman–Crippen LogP) is 2.14. The fourth-order valence-corrected chi connectivity index (χ4v) is 2.80. The van der Waals surface area contributed by atoms with Gasteiger partial charge in [-0.25, -0.2) is 0 Å². The molecule has 1 saturated heterocycles. The zero-order valence-electron chi connectivity index (χ0n) is 13.0. The minimum Gasteiger partial charge on any atom is -0.407 e. The third-order valence-corrected chi connectivity index (χ3v) is 4.27. The molecule has 3 atom stereocenters. The molecule has 6 nitrogen and oxygen atoms in total. The van der Waals surface area contributed by atoms with Crippen LogP contribution in [0.3, 0.4) is 0 Å². The van der Waals surface area contributed by atoms with Crippen molar-refractivity contribution >= 4 is 6.01 Å². The Hall–Kier alpha value is -1.92. The van der Waals surface area contributed by atoms with Crippen molar-refractivity contribution in [3.8, 4) is 0 Å². The van der Waals surface area contributed by atoms with Gasteiger partial charge in [-0.3, -0.25) is 10.9 Å². The fraction of sp³-hybridized carbons (Fsp3) is 0.500. The summed E-state index contributed by atoms with van der Waals surface area (Å²) in [6.07, 6.45) is 0.930. The topological polar surface area (TPSA) is 75.0 Å². The number of hydrogen-bond acceptors (Lipinski definition) is 6. The van der Waals surface area contributed by atoms with Gasteiger partial charge in [0, 0.05) is 25.0 Å². The van der Waals surface area contributed by atoms with Crippen molar-refractivity contribution in [2.24, 2.45) is 5.92 Å². The summed E-state index contributed by atoms with van der Waals surface area (Å²) in [5.74, 6) is 1.33. The lowest BCUT2D eigenvalue weighted by atomic mass is 9.97. The molecule has 0 aliphatic carbocycles. The molecular formula is C16H23N5O. The number of aromatic nitrogens is 2. The number of nitrogens with zero attached hydrogens (tertiary/aromatic N) is 2. The molecule has 1 aliphatic rings. The number of hydrogen-bond donors (Lipinski definition) is 3. The summed E-state index contributed by atoms with van der Waals surface area (Å²) < 4.78 is 5.81. The van der Waals surface area contributed by atoms with Gasteiger partial charge >= 0.3 is 6.01 Å². The Labute approximate surface area is 130 Å². The van der Waals surface area contributed by atoms with E-state index in [-0.39, 0.29) is 5.92 Å². The lowest BCUT2D eigenvalue weighted by Gasteiger charge is -2.13. The maximum Gasteiger partial charge on any atom is 0.315 e. The first-order valence-corrected chi connectivity index (χ1v) is 7.88. The molecule has 22 heavy (non-hydrogen) atoms. The molecule has 0 saturated carbocycles. The van der Waals surface area contributed by atoms with Crippen molar-refractivity contribution in [3.05, 3.63) is 41.8 Å². The number of benzene rings is 1. The molecule has 0 radical (unpaired) electrons. The maximum absolute atomic E-state index is 5.81. The molecule has 118 valence electrons. The van der Waals surface area contributed by atoms with Gasteiger partial charge in [-0.15, -0.1) is 5.10 Å². The van der Waals surface area contributed by atoms with Crippen molar-refractivity contribution in [2.45, 2.75) is 32.2 Å². The SMILES string of the molecule is CCC(c1ccccc1)c1nnc(NCC2CNNC2C)o1. The van der Waals surface area contributed by atoms with E-state index in [2.05, 4.69) is 52.3 Å². The van der Waals surface area contributed by atoms with Gasteiger partial charge in [-0.05, 0) is 18.9 Å². The van der Waals surface area contributed by atoms with E-state index in [0.717, 1.165) is 19.5 Å². The molecule has 1 aromatic heterocycles. The summed E-state index contributed by atoms with van der Waals surface area (Å²) in [7, 11) is 0. The molecule has 2 heterocycles. The summed E-state index contributed by atoms with van der Waals surface area (Å²) >= 11 is 0. The van der Waals surface area contributed by atoms with Crippen LogP contribution in [0.1, 0.15) is 37.6 Å². The average molecular weight is 301 g/mol. The summed E-state index contributed by atoms with van der Waals surface area (Å²) in [5.41, 5.74) is 7.57. The van der Waals surface area contributed by atoms with Crippen LogP contribution in [0.15, 0.2) is 34.7 Å². The third-order valence-electron chi connectivity index (χ3n) is 4.27. The van der Waals surface area contributed by atoms with Gasteiger partial charge in [0.05, 0.1) is 5.92 Å². The van der Waals surface area contributed by atoms with E-state index < -0.39 is 0 Å². The molecule has 0 amide bonds. The van der Waals surface area contributed by atoms with Crippen LogP contribution in [0.4, 0.5) is 6.01 Å². The summed E-state index contributed by atoms with van der Waals surface area (Å²) in [5, 5.41) is 11.6. The van der Waals surface area contributed by atoms with Gasteiger partial charge in [-0.2, -0.15) is 0 Å². The highest BCUT2D eigenvalue weighted by Crippen LogP contribution is 2.27. The summed E-state index contributed by atoms with van der Waals surface area (Å²) in [4.78, 5) is 0. The van der Waals surface area contributed by atoms with Crippen LogP contribution in [0.5, 0.6) is 0 Å². The van der Waals surface area contributed by atoms with Crippen LogP contribution >= 0.6 is 0 Å². The maximum atomic E-state index is 5.81. The third kappa shape index (κ3) is 3.28. The lowest BCUT2D eigenvalue weighted by molar-refractivity contribution is 0.463. The van der Waals surface area contributed by atoms with Gasteiger partial charge in [0.15, 0.2) is 0 Å². The highest BCUT2D eigenvalue weighted by molar-refractivity contribution is 5.26. The largest absolute Gasteiger partial charge is 0.407 e.